The summed E-state index contributed by atoms with van der Waals surface area (Å²) in [6.45, 7) is 0. The number of rotatable bonds is 0. The average molecular weight is 334 g/mol. The van der Waals surface area contributed by atoms with Gasteiger partial charge in [0.15, 0.2) is 0 Å². The van der Waals surface area contributed by atoms with E-state index in [1.807, 2.05) is 6.07 Å². The lowest BCUT2D eigenvalue weighted by atomic mass is 9.93. The zero-order valence-corrected chi connectivity index (χ0v) is 13.9. The van der Waals surface area contributed by atoms with E-state index in [0.29, 0.717) is 11.4 Å². The maximum absolute atomic E-state index is 6.01. The minimum atomic E-state index is 0.623. The highest BCUT2D eigenvalue weighted by Gasteiger charge is 2.13. The third-order valence-electron chi connectivity index (χ3n) is 5.21. The summed E-state index contributed by atoms with van der Waals surface area (Å²) < 4.78 is 6.01. The second kappa shape index (κ2) is 4.73. The summed E-state index contributed by atoms with van der Waals surface area (Å²) >= 11 is 0. The molecule has 0 aliphatic carbocycles. The number of furan rings is 1. The van der Waals surface area contributed by atoms with Crippen molar-refractivity contribution < 1.29 is 4.42 Å². The fourth-order valence-corrected chi connectivity index (χ4v) is 4.07. The van der Waals surface area contributed by atoms with Gasteiger partial charge in [-0.2, -0.15) is 0 Å². The molecule has 26 heavy (non-hydrogen) atoms. The minimum Gasteiger partial charge on any atom is -0.438 e. The summed E-state index contributed by atoms with van der Waals surface area (Å²) in [6, 6.07) is 23.4. The Morgan fingerprint density at radius 3 is 1.85 bits per heavy atom. The Bertz CT molecular complexity index is 1490. The summed E-state index contributed by atoms with van der Waals surface area (Å²) in [5.74, 6) is 0. The van der Waals surface area contributed by atoms with E-state index in [0.717, 1.165) is 16.4 Å². The molecule has 0 radical (unpaired) electrons. The van der Waals surface area contributed by atoms with E-state index in [9.17, 15) is 0 Å². The van der Waals surface area contributed by atoms with Crippen molar-refractivity contribution in [1.29, 1.82) is 0 Å². The summed E-state index contributed by atoms with van der Waals surface area (Å²) in [4.78, 5) is 4.34. The molecule has 0 unspecified atom stereocenters. The van der Waals surface area contributed by atoms with Crippen molar-refractivity contribution in [3.63, 3.8) is 0 Å². The molecule has 0 bridgehead atoms. The minimum absolute atomic E-state index is 0.623. The number of nitrogen functional groups attached to an aromatic ring is 1. The first kappa shape index (κ1) is 13.7. The van der Waals surface area contributed by atoms with Crippen LogP contribution >= 0.6 is 0 Å². The highest BCUT2D eigenvalue weighted by atomic mass is 16.3. The lowest BCUT2D eigenvalue weighted by Gasteiger charge is -2.10. The summed E-state index contributed by atoms with van der Waals surface area (Å²) in [7, 11) is 0. The molecule has 3 heteroatoms. The lowest BCUT2D eigenvalue weighted by Crippen LogP contribution is -1.85. The molecule has 0 saturated heterocycles. The van der Waals surface area contributed by atoms with Gasteiger partial charge in [0.2, 0.25) is 5.71 Å². The molecule has 4 aromatic carbocycles. The first-order valence-electron chi connectivity index (χ1n) is 8.60. The van der Waals surface area contributed by atoms with Gasteiger partial charge in [0.1, 0.15) is 5.58 Å². The number of benzene rings is 4. The monoisotopic (exact) mass is 334 g/mol. The van der Waals surface area contributed by atoms with Gasteiger partial charge in [0, 0.05) is 5.39 Å². The summed E-state index contributed by atoms with van der Waals surface area (Å²) in [5, 5.41) is 9.42. The highest BCUT2D eigenvalue weighted by Crippen LogP contribution is 2.39. The fourth-order valence-electron chi connectivity index (χ4n) is 4.07. The van der Waals surface area contributed by atoms with Crippen LogP contribution in [-0.4, -0.2) is 4.98 Å². The molecule has 0 atom stereocenters. The molecule has 0 amide bonds. The normalized spacial score (nSPS) is 12.0. The molecule has 0 aliphatic rings. The molecule has 0 saturated carbocycles. The van der Waals surface area contributed by atoms with Crippen LogP contribution in [0.2, 0.25) is 0 Å². The van der Waals surface area contributed by atoms with Crippen molar-refractivity contribution in [3.05, 3.63) is 72.9 Å². The van der Waals surface area contributed by atoms with Gasteiger partial charge in [-0.3, -0.25) is 0 Å². The Morgan fingerprint density at radius 1 is 0.615 bits per heavy atom. The SMILES string of the molecule is Nc1cnc2oc3cc4c5ccccc5c5ccccc5c4cc3c2c1. The zero-order valence-electron chi connectivity index (χ0n) is 13.9. The Balaban J connectivity index is 1.94. The second-order valence-corrected chi connectivity index (χ2v) is 6.71. The van der Waals surface area contributed by atoms with Crippen LogP contribution in [-0.2, 0) is 0 Å². The molecule has 3 nitrogen and oxygen atoms in total. The van der Waals surface area contributed by atoms with Gasteiger partial charge < -0.3 is 10.2 Å². The van der Waals surface area contributed by atoms with Gasteiger partial charge in [0.25, 0.3) is 0 Å². The van der Waals surface area contributed by atoms with Crippen LogP contribution in [0.25, 0.3) is 54.4 Å². The Hall–Kier alpha value is -3.59. The fraction of sp³-hybridized carbons (Fsp3) is 0. The number of anilines is 1. The van der Waals surface area contributed by atoms with E-state index in [-0.39, 0.29) is 0 Å². The summed E-state index contributed by atoms with van der Waals surface area (Å²) in [6.07, 6.45) is 1.63. The molecular weight excluding hydrogens is 320 g/mol. The Kier molecular flexibility index (Phi) is 2.49. The maximum Gasteiger partial charge on any atom is 0.227 e. The molecule has 2 aromatic heterocycles. The van der Waals surface area contributed by atoms with Crippen molar-refractivity contribution in [2.24, 2.45) is 0 Å². The molecule has 2 heterocycles. The van der Waals surface area contributed by atoms with Gasteiger partial charge in [-0.1, -0.05) is 48.5 Å². The highest BCUT2D eigenvalue weighted by molar-refractivity contribution is 6.28. The predicted octanol–water partition coefficient (Wildman–Crippen LogP) is 6.02. The van der Waals surface area contributed by atoms with E-state index >= 15 is 0 Å². The van der Waals surface area contributed by atoms with Crippen molar-refractivity contribution in [3.8, 4) is 0 Å². The van der Waals surface area contributed by atoms with E-state index in [1.54, 1.807) is 6.20 Å². The molecule has 6 rings (SSSR count). The number of nitrogens with zero attached hydrogens (tertiary/aromatic N) is 1. The summed E-state index contributed by atoms with van der Waals surface area (Å²) in [5.41, 5.74) is 8.05. The first-order valence-corrected chi connectivity index (χ1v) is 8.60. The largest absolute Gasteiger partial charge is 0.438 e. The number of hydrogen-bond donors (Lipinski definition) is 1. The maximum atomic E-state index is 6.01. The van der Waals surface area contributed by atoms with Gasteiger partial charge in [0.05, 0.1) is 17.3 Å². The molecule has 0 aliphatic heterocycles. The van der Waals surface area contributed by atoms with E-state index in [1.165, 1.54) is 32.3 Å². The van der Waals surface area contributed by atoms with E-state index in [4.69, 9.17) is 10.2 Å². The molecule has 2 N–H and O–H groups in total. The molecule has 122 valence electrons. The molecular formula is C23H14N2O. The topological polar surface area (TPSA) is 52.0 Å². The number of hydrogen-bond acceptors (Lipinski definition) is 3. The average Bonchev–Trinajstić information content (AvgIpc) is 3.04. The van der Waals surface area contributed by atoms with Crippen LogP contribution in [0.1, 0.15) is 0 Å². The molecule has 6 aromatic rings. The third kappa shape index (κ3) is 1.69. The predicted molar refractivity (Wildman–Crippen MR) is 108 cm³/mol. The quantitative estimate of drug-likeness (QED) is 0.345. The van der Waals surface area contributed by atoms with Crippen molar-refractivity contribution in [1.82, 2.24) is 4.98 Å². The number of nitrogens with two attached hydrogens (primary N) is 1. The van der Waals surface area contributed by atoms with Gasteiger partial charge in [-0.05, 0) is 50.5 Å². The van der Waals surface area contributed by atoms with Crippen LogP contribution in [0.3, 0.4) is 0 Å². The van der Waals surface area contributed by atoms with Gasteiger partial charge in [-0.25, -0.2) is 4.98 Å². The van der Waals surface area contributed by atoms with Crippen LogP contribution in [0.5, 0.6) is 0 Å². The van der Waals surface area contributed by atoms with Gasteiger partial charge >= 0.3 is 0 Å². The third-order valence-corrected chi connectivity index (χ3v) is 5.21. The lowest BCUT2D eigenvalue weighted by molar-refractivity contribution is 0.655. The van der Waals surface area contributed by atoms with Crippen LogP contribution in [0.15, 0.2) is 77.3 Å². The van der Waals surface area contributed by atoms with Gasteiger partial charge in [-0.15, -0.1) is 0 Å². The van der Waals surface area contributed by atoms with Crippen LogP contribution < -0.4 is 5.73 Å². The first-order chi connectivity index (χ1) is 12.8. The van der Waals surface area contributed by atoms with Crippen LogP contribution in [0, 0.1) is 0 Å². The van der Waals surface area contributed by atoms with Crippen molar-refractivity contribution in [2.45, 2.75) is 0 Å². The number of aromatic nitrogens is 1. The van der Waals surface area contributed by atoms with E-state index in [2.05, 4.69) is 65.6 Å². The van der Waals surface area contributed by atoms with Crippen LogP contribution in [0.4, 0.5) is 5.69 Å². The van der Waals surface area contributed by atoms with Crippen molar-refractivity contribution >= 4 is 60.1 Å². The number of fused-ring (bicyclic) bond motifs is 9. The molecule has 0 spiro atoms. The van der Waals surface area contributed by atoms with Crippen molar-refractivity contribution in [2.75, 3.05) is 5.73 Å². The molecule has 0 fully saturated rings. The standard InChI is InChI=1S/C23H14N2O/c24-13-9-21-20-10-18-16-7-3-1-5-14(16)15-6-2-4-8-17(15)19(18)11-22(20)26-23(21)25-12-13/h1-12H,24H2. The number of pyridine rings is 1. The Labute approximate surface area is 148 Å². The zero-order chi connectivity index (χ0) is 17.3. The second-order valence-electron chi connectivity index (χ2n) is 6.71. The Morgan fingerprint density at radius 2 is 1.19 bits per heavy atom. The smallest absolute Gasteiger partial charge is 0.227 e. The van der Waals surface area contributed by atoms with E-state index < -0.39 is 0 Å².